The maximum absolute atomic E-state index is 12.2. The molecule has 2 N–H and O–H groups in total. The summed E-state index contributed by atoms with van der Waals surface area (Å²) >= 11 is 0. The number of nitrogens with zero attached hydrogens (tertiary/aromatic N) is 2. The number of amides is 2. The molecule has 2 amide bonds. The summed E-state index contributed by atoms with van der Waals surface area (Å²) in [5, 5.41) is 5.36. The Morgan fingerprint density at radius 1 is 1.00 bits per heavy atom. The lowest BCUT2D eigenvalue weighted by atomic mass is 10.1. The highest BCUT2D eigenvalue weighted by molar-refractivity contribution is 5.95. The standard InChI is InChI=1S/C20H20N4O3/c1-13-6-5-7-14(2)20(13)23-17(25)10-22-18(26)12-24-16-9-4-3-8-15(16)21-11-19(24)27/h3-9,11H,10,12H2,1-2H3,(H,22,26)(H,23,25). The lowest BCUT2D eigenvalue weighted by Crippen LogP contribution is -2.37. The molecule has 0 aliphatic heterocycles. The van der Waals surface area contributed by atoms with Gasteiger partial charge in [-0.2, -0.15) is 0 Å². The van der Waals surface area contributed by atoms with Crippen molar-refractivity contribution in [3.8, 4) is 0 Å². The largest absolute Gasteiger partial charge is 0.345 e. The molecular formula is C20H20N4O3. The summed E-state index contributed by atoms with van der Waals surface area (Å²) < 4.78 is 1.33. The van der Waals surface area contributed by atoms with E-state index in [1.165, 1.54) is 10.8 Å². The third kappa shape index (κ3) is 4.20. The van der Waals surface area contributed by atoms with Crippen molar-refractivity contribution in [2.24, 2.45) is 0 Å². The minimum absolute atomic E-state index is 0.176. The molecule has 7 heteroatoms. The first-order chi connectivity index (χ1) is 13.0. The number of hydrogen-bond donors (Lipinski definition) is 2. The number of hydrogen-bond acceptors (Lipinski definition) is 4. The van der Waals surface area contributed by atoms with Crippen molar-refractivity contribution in [2.45, 2.75) is 20.4 Å². The highest BCUT2D eigenvalue weighted by Crippen LogP contribution is 2.19. The van der Waals surface area contributed by atoms with Crippen LogP contribution in [-0.4, -0.2) is 27.9 Å². The molecule has 0 aliphatic carbocycles. The van der Waals surface area contributed by atoms with Gasteiger partial charge in [0.2, 0.25) is 11.8 Å². The summed E-state index contributed by atoms with van der Waals surface area (Å²) in [7, 11) is 0. The first kappa shape index (κ1) is 18.3. The van der Waals surface area contributed by atoms with Crippen molar-refractivity contribution < 1.29 is 9.59 Å². The molecule has 0 bridgehead atoms. The van der Waals surface area contributed by atoms with Gasteiger partial charge < -0.3 is 10.6 Å². The summed E-state index contributed by atoms with van der Waals surface area (Å²) in [6.07, 6.45) is 1.18. The number of carbonyl (C=O) groups excluding carboxylic acids is 2. The van der Waals surface area contributed by atoms with Crippen LogP contribution in [-0.2, 0) is 16.1 Å². The predicted octanol–water partition coefficient (Wildman–Crippen LogP) is 1.77. The highest BCUT2D eigenvalue weighted by Gasteiger charge is 2.11. The summed E-state index contributed by atoms with van der Waals surface area (Å²) in [5.74, 6) is -0.752. The Hall–Kier alpha value is -3.48. The Morgan fingerprint density at radius 3 is 2.44 bits per heavy atom. The molecule has 0 atom stereocenters. The van der Waals surface area contributed by atoms with Gasteiger partial charge in [-0.15, -0.1) is 0 Å². The molecule has 0 radical (unpaired) electrons. The van der Waals surface area contributed by atoms with Crippen LogP contribution in [0.3, 0.4) is 0 Å². The Bertz CT molecular complexity index is 1050. The minimum Gasteiger partial charge on any atom is -0.345 e. The van der Waals surface area contributed by atoms with Crippen molar-refractivity contribution in [1.29, 1.82) is 0 Å². The fraction of sp³-hybridized carbons (Fsp3) is 0.200. The molecule has 0 aliphatic rings. The number of aromatic nitrogens is 2. The number of carbonyl (C=O) groups is 2. The van der Waals surface area contributed by atoms with Gasteiger partial charge in [-0.25, -0.2) is 4.98 Å². The van der Waals surface area contributed by atoms with Gasteiger partial charge in [0.15, 0.2) is 0 Å². The second-order valence-corrected chi connectivity index (χ2v) is 6.26. The number of nitrogens with one attached hydrogen (secondary N) is 2. The molecule has 0 unspecified atom stereocenters. The normalized spacial score (nSPS) is 10.6. The molecule has 0 spiro atoms. The second kappa shape index (κ2) is 7.82. The molecule has 0 fully saturated rings. The summed E-state index contributed by atoms with van der Waals surface area (Å²) in [6, 6.07) is 12.8. The minimum atomic E-state index is -0.426. The van der Waals surface area contributed by atoms with Crippen LogP contribution in [0.15, 0.2) is 53.5 Å². The van der Waals surface area contributed by atoms with E-state index >= 15 is 0 Å². The first-order valence-electron chi connectivity index (χ1n) is 8.53. The predicted molar refractivity (Wildman–Crippen MR) is 104 cm³/mol. The maximum atomic E-state index is 12.2. The van der Waals surface area contributed by atoms with Gasteiger partial charge in [-0.3, -0.25) is 19.0 Å². The van der Waals surface area contributed by atoms with E-state index in [-0.39, 0.29) is 24.6 Å². The summed E-state index contributed by atoms with van der Waals surface area (Å²) in [6.45, 7) is 3.45. The van der Waals surface area contributed by atoms with Crippen LogP contribution in [0.25, 0.3) is 11.0 Å². The Kier molecular flexibility index (Phi) is 5.30. The van der Waals surface area contributed by atoms with E-state index in [1.807, 2.05) is 38.1 Å². The van der Waals surface area contributed by atoms with Gasteiger partial charge in [0, 0.05) is 5.69 Å². The lowest BCUT2D eigenvalue weighted by molar-refractivity contribution is -0.124. The van der Waals surface area contributed by atoms with Crippen LogP contribution in [0.4, 0.5) is 5.69 Å². The van der Waals surface area contributed by atoms with Gasteiger partial charge in [0.05, 0.1) is 23.8 Å². The van der Waals surface area contributed by atoms with Crippen LogP contribution in [0.5, 0.6) is 0 Å². The van der Waals surface area contributed by atoms with Gasteiger partial charge >= 0.3 is 0 Å². The van der Waals surface area contributed by atoms with E-state index in [4.69, 9.17) is 0 Å². The summed E-state index contributed by atoms with van der Waals surface area (Å²) in [5.41, 5.74) is 3.46. The first-order valence-corrected chi connectivity index (χ1v) is 8.53. The van der Waals surface area contributed by atoms with E-state index in [2.05, 4.69) is 15.6 Å². The molecule has 3 rings (SSSR count). The van der Waals surface area contributed by atoms with Gasteiger partial charge in [-0.1, -0.05) is 30.3 Å². The van der Waals surface area contributed by atoms with E-state index in [1.54, 1.807) is 18.2 Å². The molecule has 3 aromatic rings. The van der Waals surface area contributed by atoms with Crippen LogP contribution in [0, 0.1) is 13.8 Å². The number of para-hydroxylation sites is 3. The molecule has 138 valence electrons. The molecule has 27 heavy (non-hydrogen) atoms. The third-order valence-corrected chi connectivity index (χ3v) is 4.25. The maximum Gasteiger partial charge on any atom is 0.269 e. The molecule has 2 aromatic carbocycles. The van der Waals surface area contributed by atoms with Crippen molar-refractivity contribution in [1.82, 2.24) is 14.9 Å². The number of aryl methyl sites for hydroxylation is 2. The molecule has 0 saturated heterocycles. The Morgan fingerprint density at radius 2 is 1.70 bits per heavy atom. The average Bonchev–Trinajstić information content (AvgIpc) is 2.65. The zero-order chi connectivity index (χ0) is 19.4. The van der Waals surface area contributed by atoms with Gasteiger partial charge in [0.25, 0.3) is 5.56 Å². The third-order valence-electron chi connectivity index (χ3n) is 4.25. The van der Waals surface area contributed by atoms with E-state index in [0.717, 1.165) is 16.8 Å². The van der Waals surface area contributed by atoms with Crippen molar-refractivity contribution >= 4 is 28.5 Å². The zero-order valence-corrected chi connectivity index (χ0v) is 15.2. The monoisotopic (exact) mass is 364 g/mol. The topological polar surface area (TPSA) is 93.1 Å². The Labute approximate surface area is 156 Å². The molecule has 7 nitrogen and oxygen atoms in total. The quantitative estimate of drug-likeness (QED) is 0.722. The number of rotatable bonds is 5. The molecule has 1 heterocycles. The zero-order valence-electron chi connectivity index (χ0n) is 15.2. The van der Waals surface area contributed by atoms with Crippen LogP contribution in [0.2, 0.25) is 0 Å². The highest BCUT2D eigenvalue weighted by atomic mass is 16.2. The number of benzene rings is 2. The smallest absolute Gasteiger partial charge is 0.269 e. The van der Waals surface area contributed by atoms with Crippen LogP contribution in [0.1, 0.15) is 11.1 Å². The van der Waals surface area contributed by atoms with Crippen molar-refractivity contribution in [3.05, 3.63) is 70.1 Å². The van der Waals surface area contributed by atoms with Crippen LogP contribution >= 0.6 is 0 Å². The lowest BCUT2D eigenvalue weighted by Gasteiger charge is -2.12. The second-order valence-electron chi connectivity index (χ2n) is 6.26. The van der Waals surface area contributed by atoms with Crippen molar-refractivity contribution in [3.63, 3.8) is 0 Å². The summed E-state index contributed by atoms with van der Waals surface area (Å²) in [4.78, 5) is 40.5. The van der Waals surface area contributed by atoms with Crippen molar-refractivity contribution in [2.75, 3.05) is 11.9 Å². The average molecular weight is 364 g/mol. The van der Waals surface area contributed by atoms with E-state index in [9.17, 15) is 14.4 Å². The molecular weight excluding hydrogens is 344 g/mol. The number of anilines is 1. The van der Waals surface area contributed by atoms with E-state index in [0.29, 0.717) is 11.0 Å². The van der Waals surface area contributed by atoms with Gasteiger partial charge in [-0.05, 0) is 37.1 Å². The molecule has 1 aromatic heterocycles. The Balaban J connectivity index is 1.65. The fourth-order valence-electron chi connectivity index (χ4n) is 2.85. The van der Waals surface area contributed by atoms with Crippen LogP contribution < -0.4 is 16.2 Å². The fourth-order valence-corrected chi connectivity index (χ4v) is 2.85. The number of fused-ring (bicyclic) bond motifs is 1. The van der Waals surface area contributed by atoms with Gasteiger partial charge in [0.1, 0.15) is 6.54 Å². The van der Waals surface area contributed by atoms with E-state index < -0.39 is 5.91 Å². The molecule has 0 saturated carbocycles. The SMILES string of the molecule is Cc1cccc(C)c1NC(=O)CNC(=O)Cn1c(=O)cnc2ccccc21.